The summed E-state index contributed by atoms with van der Waals surface area (Å²) < 4.78 is 39.6. The van der Waals surface area contributed by atoms with Crippen LogP contribution in [0.2, 0.25) is 5.02 Å². The number of nitrogens with zero attached hydrogens (tertiary/aromatic N) is 3. The summed E-state index contributed by atoms with van der Waals surface area (Å²) in [5, 5.41) is 7.35. The van der Waals surface area contributed by atoms with Gasteiger partial charge in [0.25, 0.3) is 16.7 Å². The molecule has 57 heavy (non-hydrogen) atoms. The van der Waals surface area contributed by atoms with Gasteiger partial charge in [-0.15, -0.1) is 0 Å². The second-order valence-corrected chi connectivity index (χ2v) is 13.5. The highest BCUT2D eigenvalue weighted by molar-refractivity contribution is 9.10. The summed E-state index contributed by atoms with van der Waals surface area (Å²) in [5.74, 6) is 0. The number of carbonyl (C=O) groups is 3. The number of aromatic amines is 3. The fourth-order valence-electron chi connectivity index (χ4n) is 4.52. The van der Waals surface area contributed by atoms with Crippen LogP contribution in [-0.2, 0) is 6.18 Å². The first-order valence-electron chi connectivity index (χ1n) is 18.2. The number of aromatic nitrogens is 6. The van der Waals surface area contributed by atoms with Crippen molar-refractivity contribution in [3.05, 3.63) is 96.2 Å². The monoisotopic (exact) mass is 897 g/mol. The van der Waals surface area contributed by atoms with E-state index in [9.17, 15) is 56.3 Å². The van der Waals surface area contributed by atoms with Gasteiger partial charge < -0.3 is 16.0 Å². The number of amides is 3. The van der Waals surface area contributed by atoms with E-state index < -0.39 is 63.6 Å². The van der Waals surface area contributed by atoms with Crippen LogP contribution in [0.1, 0.15) is 103 Å². The maximum absolute atomic E-state index is 12.5. The lowest BCUT2D eigenvalue weighted by Crippen LogP contribution is -2.42. The zero-order valence-electron chi connectivity index (χ0n) is 31.7. The first kappa shape index (κ1) is 50.0. The molecule has 0 aromatic carbocycles. The van der Waals surface area contributed by atoms with Crippen LogP contribution >= 0.6 is 27.5 Å². The normalized spacial score (nSPS) is 10.7. The second-order valence-electron chi connectivity index (χ2n) is 12.3. The van der Waals surface area contributed by atoms with Crippen molar-refractivity contribution in [1.82, 2.24) is 44.6 Å². The van der Waals surface area contributed by atoms with E-state index >= 15 is 0 Å². The molecule has 18 nitrogen and oxygen atoms in total. The van der Waals surface area contributed by atoms with Crippen LogP contribution in [0.25, 0.3) is 0 Å². The van der Waals surface area contributed by atoms with Crippen molar-refractivity contribution in [3.63, 3.8) is 0 Å². The molecule has 0 spiro atoms. The number of nitrogens with one attached hydrogen (secondary N) is 6. The van der Waals surface area contributed by atoms with Gasteiger partial charge in [-0.3, -0.25) is 29.3 Å². The van der Waals surface area contributed by atoms with E-state index in [1.165, 1.54) is 11.2 Å². The molecule has 0 saturated heterocycles. The highest BCUT2D eigenvalue weighted by Crippen LogP contribution is 2.25. The molecule has 318 valence electrons. The van der Waals surface area contributed by atoms with Gasteiger partial charge in [0.15, 0.2) is 0 Å². The number of H-pyrrole nitrogens is 3. The molecular formula is C34H48BrClF3N9O9. The lowest BCUT2D eigenvalue weighted by molar-refractivity contribution is -0.139. The standard InChI is InChI=1S/C12H16F3N3O3.C11H16BrN3O3.C11H16ClN3O3/c1-2-3-4-5-6-16-10(20)18-7-8(12(13,14)15)9(19)17-11(18)21;2*1-2-3-4-5-6-13-10(17)15-7-8(12)9(16)14-11(15)18/h7H,2-6H2,1H3,(H,16,20)(H,17,19,21);2*7H,2-6H2,1H3,(H,13,17)(H,14,16,18). The van der Waals surface area contributed by atoms with E-state index in [4.69, 9.17) is 11.6 Å². The minimum absolute atomic E-state index is 0.142. The molecule has 0 aliphatic carbocycles. The molecule has 0 radical (unpaired) electrons. The average molecular weight is 899 g/mol. The zero-order valence-corrected chi connectivity index (χ0v) is 34.1. The van der Waals surface area contributed by atoms with Gasteiger partial charge in [0.1, 0.15) is 10.6 Å². The number of alkyl halides is 3. The van der Waals surface area contributed by atoms with E-state index in [-0.39, 0.29) is 26.8 Å². The van der Waals surface area contributed by atoms with Gasteiger partial charge in [0.05, 0.1) is 4.47 Å². The summed E-state index contributed by atoms with van der Waals surface area (Å²) in [4.78, 5) is 108. The van der Waals surface area contributed by atoms with E-state index in [0.717, 1.165) is 86.0 Å². The first-order valence-corrected chi connectivity index (χ1v) is 19.4. The van der Waals surface area contributed by atoms with Crippen LogP contribution in [0.15, 0.2) is 51.8 Å². The second kappa shape index (κ2) is 26.0. The minimum atomic E-state index is -4.94. The number of halogens is 5. The molecule has 3 heterocycles. The maximum atomic E-state index is 12.5. The molecular weight excluding hydrogens is 851 g/mol. The fourth-order valence-corrected chi connectivity index (χ4v) is 4.97. The molecule has 0 fully saturated rings. The highest BCUT2D eigenvalue weighted by atomic mass is 79.9. The minimum Gasteiger partial charge on any atom is -0.337 e. The van der Waals surface area contributed by atoms with Crippen molar-refractivity contribution in [2.45, 2.75) is 104 Å². The Morgan fingerprint density at radius 2 is 0.930 bits per heavy atom. The lowest BCUT2D eigenvalue weighted by atomic mass is 10.2. The summed E-state index contributed by atoms with van der Waals surface area (Å²) in [7, 11) is 0. The molecule has 0 bridgehead atoms. The number of hydrogen-bond donors (Lipinski definition) is 6. The van der Waals surface area contributed by atoms with Gasteiger partial charge >= 0.3 is 41.3 Å². The largest absolute Gasteiger partial charge is 0.423 e. The summed E-state index contributed by atoms with van der Waals surface area (Å²) in [5.41, 5.74) is -7.16. The smallest absolute Gasteiger partial charge is 0.337 e. The lowest BCUT2D eigenvalue weighted by Gasteiger charge is -2.09. The number of rotatable bonds is 15. The molecule has 0 unspecified atom stereocenters. The van der Waals surface area contributed by atoms with E-state index in [1.807, 2.05) is 16.9 Å². The molecule has 0 saturated carbocycles. The summed E-state index contributed by atoms with van der Waals surface area (Å²) in [6.07, 6.45) is 9.23. The fraction of sp³-hybridized carbons (Fsp3) is 0.559. The third-order valence-electron chi connectivity index (χ3n) is 7.62. The molecule has 0 aliphatic rings. The third-order valence-corrected chi connectivity index (χ3v) is 8.45. The van der Waals surface area contributed by atoms with Crippen LogP contribution in [0.4, 0.5) is 27.6 Å². The van der Waals surface area contributed by atoms with Crippen LogP contribution in [0.3, 0.4) is 0 Å². The van der Waals surface area contributed by atoms with Crippen molar-refractivity contribution in [2.75, 3.05) is 19.6 Å². The van der Waals surface area contributed by atoms with Crippen LogP contribution < -0.4 is 49.7 Å². The van der Waals surface area contributed by atoms with Crippen LogP contribution in [-0.4, -0.2) is 66.4 Å². The summed E-state index contributed by atoms with van der Waals surface area (Å²) in [6, 6.07) is -2.12. The molecule has 3 amide bonds. The Hall–Kier alpha value is -4.99. The molecule has 0 atom stereocenters. The van der Waals surface area contributed by atoms with E-state index in [0.29, 0.717) is 19.5 Å². The number of carbonyl (C=O) groups excluding carboxylic acids is 3. The van der Waals surface area contributed by atoms with Gasteiger partial charge in [-0.1, -0.05) is 90.2 Å². The van der Waals surface area contributed by atoms with Gasteiger partial charge in [-0.25, -0.2) is 42.5 Å². The number of hydrogen-bond acceptors (Lipinski definition) is 9. The summed E-state index contributed by atoms with van der Waals surface area (Å²) in [6.45, 7) is 7.46. The van der Waals surface area contributed by atoms with Gasteiger partial charge in [0, 0.05) is 38.2 Å². The highest BCUT2D eigenvalue weighted by Gasteiger charge is 2.35. The Labute approximate surface area is 336 Å². The van der Waals surface area contributed by atoms with Crippen molar-refractivity contribution >= 4 is 45.6 Å². The molecule has 0 aliphatic heterocycles. The quantitative estimate of drug-likeness (QED) is 0.118. The Morgan fingerprint density at radius 1 is 0.579 bits per heavy atom. The van der Waals surface area contributed by atoms with Crippen molar-refractivity contribution in [2.24, 2.45) is 0 Å². The van der Waals surface area contributed by atoms with Crippen LogP contribution in [0, 0.1) is 0 Å². The molecule has 23 heteroatoms. The summed E-state index contributed by atoms with van der Waals surface area (Å²) >= 11 is 8.52. The zero-order chi connectivity index (χ0) is 43.1. The van der Waals surface area contributed by atoms with Crippen molar-refractivity contribution < 1.29 is 27.6 Å². The van der Waals surface area contributed by atoms with Gasteiger partial charge in [-0.2, -0.15) is 13.2 Å². The Bertz CT molecular complexity index is 2030. The maximum Gasteiger partial charge on any atom is 0.423 e. The average Bonchev–Trinajstić information content (AvgIpc) is 3.14. The van der Waals surface area contributed by atoms with Gasteiger partial charge in [-0.05, 0) is 35.2 Å². The Balaban J connectivity index is 0.000000429. The predicted molar refractivity (Wildman–Crippen MR) is 210 cm³/mol. The molecule has 3 rings (SSSR count). The molecule has 3 aromatic rings. The Morgan fingerprint density at radius 3 is 1.32 bits per heavy atom. The van der Waals surface area contributed by atoms with Crippen molar-refractivity contribution in [3.8, 4) is 0 Å². The Kier molecular flexibility index (Phi) is 22.8. The van der Waals surface area contributed by atoms with E-state index in [2.05, 4.69) is 45.7 Å². The number of unbranched alkanes of at least 4 members (excludes halogenated alkanes) is 9. The topological polar surface area (TPSA) is 252 Å². The predicted octanol–water partition coefficient (Wildman–Crippen LogP) is 4.46. The van der Waals surface area contributed by atoms with Crippen molar-refractivity contribution in [1.29, 1.82) is 0 Å². The van der Waals surface area contributed by atoms with E-state index in [1.54, 1.807) is 0 Å². The SMILES string of the molecule is CCCCCCNC(=O)n1cc(Br)c(=O)[nH]c1=O.CCCCCCNC(=O)n1cc(C(F)(F)F)c(=O)[nH]c1=O.CCCCCCNC(=O)n1cc(Cl)c(=O)[nH]c1=O. The first-order chi connectivity index (χ1) is 26.9. The molecule has 6 N–H and O–H groups in total. The third kappa shape index (κ3) is 18.2. The van der Waals surface area contributed by atoms with Crippen LogP contribution in [0.5, 0.6) is 0 Å². The molecule has 3 aromatic heterocycles. The van der Waals surface area contributed by atoms with Gasteiger partial charge in [0.2, 0.25) is 0 Å².